The number of anilines is 3. The lowest BCUT2D eigenvalue weighted by molar-refractivity contribution is 0.0601. The number of carbonyl (C=O) groups excluding carboxylic acids is 1. The average Bonchev–Trinajstić information content (AvgIpc) is 3.21. The van der Waals surface area contributed by atoms with E-state index in [0.29, 0.717) is 17.6 Å². The van der Waals surface area contributed by atoms with Gasteiger partial charge < -0.3 is 15.4 Å². The number of hydrogen-bond donors (Lipinski definition) is 2. The van der Waals surface area contributed by atoms with Crippen molar-refractivity contribution >= 4 is 34.3 Å². The Hall–Kier alpha value is -3.15. The summed E-state index contributed by atoms with van der Waals surface area (Å²) in [5.74, 6) is 1.03. The van der Waals surface area contributed by atoms with Gasteiger partial charge in [0, 0.05) is 17.1 Å². The van der Waals surface area contributed by atoms with Crippen molar-refractivity contribution in [1.29, 1.82) is 0 Å². The van der Waals surface area contributed by atoms with Gasteiger partial charge in [-0.3, -0.25) is 0 Å². The van der Waals surface area contributed by atoms with E-state index in [2.05, 4.69) is 15.6 Å². The maximum Gasteiger partial charge on any atom is 0.337 e. The molecule has 1 aromatic heterocycles. The molecular weight excluding hydrogens is 340 g/mol. The van der Waals surface area contributed by atoms with E-state index < -0.39 is 0 Å². The second-order valence-electron chi connectivity index (χ2n) is 6.73. The van der Waals surface area contributed by atoms with Crippen LogP contribution in [0.25, 0.3) is 10.9 Å². The van der Waals surface area contributed by atoms with E-state index in [1.54, 1.807) is 12.1 Å². The highest BCUT2D eigenvalue weighted by molar-refractivity contribution is 5.91. The molecule has 27 heavy (non-hydrogen) atoms. The van der Waals surface area contributed by atoms with Crippen LogP contribution < -0.4 is 10.6 Å². The highest BCUT2D eigenvalue weighted by Gasteiger charge is 2.17. The quantitative estimate of drug-likeness (QED) is 0.650. The Kier molecular flexibility index (Phi) is 4.87. The van der Waals surface area contributed by atoms with E-state index in [4.69, 9.17) is 9.72 Å². The monoisotopic (exact) mass is 362 g/mol. The van der Waals surface area contributed by atoms with Crippen molar-refractivity contribution in [3.63, 3.8) is 0 Å². The fraction of sp³-hybridized carbons (Fsp3) is 0.286. The van der Waals surface area contributed by atoms with Crippen molar-refractivity contribution in [1.82, 2.24) is 9.97 Å². The Morgan fingerprint density at radius 3 is 2.52 bits per heavy atom. The first-order chi connectivity index (χ1) is 13.2. The molecular formula is C21H22N4O2. The Labute approximate surface area is 158 Å². The lowest BCUT2D eigenvalue weighted by Gasteiger charge is -2.16. The third kappa shape index (κ3) is 3.84. The number of fused-ring (bicyclic) bond motifs is 1. The molecule has 1 heterocycles. The summed E-state index contributed by atoms with van der Waals surface area (Å²) in [5, 5.41) is 7.84. The first-order valence-corrected chi connectivity index (χ1v) is 9.21. The Morgan fingerprint density at radius 2 is 1.78 bits per heavy atom. The Morgan fingerprint density at radius 1 is 1.04 bits per heavy atom. The van der Waals surface area contributed by atoms with Crippen molar-refractivity contribution in [2.45, 2.75) is 31.7 Å². The molecule has 4 rings (SSSR count). The number of benzene rings is 2. The highest BCUT2D eigenvalue weighted by atomic mass is 16.5. The Bertz CT molecular complexity index is 950. The molecule has 6 heteroatoms. The molecule has 6 nitrogen and oxygen atoms in total. The zero-order valence-corrected chi connectivity index (χ0v) is 15.2. The molecule has 0 amide bonds. The summed E-state index contributed by atoms with van der Waals surface area (Å²) in [4.78, 5) is 20.9. The van der Waals surface area contributed by atoms with Crippen LogP contribution in [0.3, 0.4) is 0 Å². The van der Waals surface area contributed by atoms with Crippen molar-refractivity contribution in [2.24, 2.45) is 0 Å². The maximum atomic E-state index is 11.6. The molecule has 3 aromatic rings. The van der Waals surface area contributed by atoms with Crippen LogP contribution in [-0.4, -0.2) is 29.1 Å². The standard InChI is InChI=1S/C21H22N4O2/c1-27-20(26)14-10-12-16(13-11-14)23-21-24-18-9-5-4-8-17(18)19(25-21)22-15-6-2-3-7-15/h4-5,8-13,15H,2-3,6-7H2,1H3,(H2,22,23,24,25). The van der Waals surface area contributed by atoms with Gasteiger partial charge >= 0.3 is 5.97 Å². The summed E-state index contributed by atoms with van der Waals surface area (Å²) >= 11 is 0. The van der Waals surface area contributed by atoms with Crippen LogP contribution in [-0.2, 0) is 4.74 Å². The second-order valence-corrected chi connectivity index (χ2v) is 6.73. The van der Waals surface area contributed by atoms with Gasteiger partial charge in [-0.1, -0.05) is 25.0 Å². The number of para-hydroxylation sites is 1. The van der Waals surface area contributed by atoms with Gasteiger partial charge in [-0.2, -0.15) is 4.98 Å². The number of rotatable bonds is 5. The molecule has 2 aromatic carbocycles. The van der Waals surface area contributed by atoms with Gasteiger partial charge in [-0.25, -0.2) is 9.78 Å². The molecule has 0 atom stereocenters. The normalized spacial score (nSPS) is 14.3. The Balaban J connectivity index is 1.62. The van der Waals surface area contributed by atoms with E-state index in [0.717, 1.165) is 22.4 Å². The van der Waals surface area contributed by atoms with Crippen LogP contribution in [0, 0.1) is 0 Å². The van der Waals surface area contributed by atoms with E-state index in [1.165, 1.54) is 32.8 Å². The van der Waals surface area contributed by atoms with Gasteiger partial charge in [-0.15, -0.1) is 0 Å². The second kappa shape index (κ2) is 7.61. The number of methoxy groups -OCH3 is 1. The molecule has 1 aliphatic rings. The molecule has 2 N–H and O–H groups in total. The number of carbonyl (C=O) groups is 1. The van der Waals surface area contributed by atoms with Gasteiger partial charge in [0.1, 0.15) is 5.82 Å². The van der Waals surface area contributed by atoms with Gasteiger partial charge in [0.25, 0.3) is 0 Å². The average molecular weight is 362 g/mol. The molecule has 1 aliphatic carbocycles. The minimum Gasteiger partial charge on any atom is -0.465 e. The van der Waals surface area contributed by atoms with Crippen molar-refractivity contribution in [3.05, 3.63) is 54.1 Å². The van der Waals surface area contributed by atoms with Crippen LogP contribution in [0.4, 0.5) is 17.5 Å². The first kappa shape index (κ1) is 17.3. The number of aromatic nitrogens is 2. The van der Waals surface area contributed by atoms with Crippen LogP contribution in [0.1, 0.15) is 36.0 Å². The minimum atomic E-state index is -0.355. The van der Waals surface area contributed by atoms with Crippen LogP contribution in [0.5, 0.6) is 0 Å². The summed E-state index contributed by atoms with van der Waals surface area (Å²) in [5.41, 5.74) is 2.21. The van der Waals surface area contributed by atoms with Crippen molar-refractivity contribution < 1.29 is 9.53 Å². The zero-order chi connectivity index (χ0) is 18.6. The third-order valence-electron chi connectivity index (χ3n) is 4.86. The summed E-state index contributed by atoms with van der Waals surface area (Å²) < 4.78 is 4.73. The fourth-order valence-electron chi connectivity index (χ4n) is 3.44. The number of ether oxygens (including phenoxy) is 1. The van der Waals surface area contributed by atoms with Gasteiger partial charge in [0.05, 0.1) is 18.2 Å². The SMILES string of the molecule is COC(=O)c1ccc(Nc2nc(NC3CCCC3)c3ccccc3n2)cc1. The van der Waals surface area contributed by atoms with Gasteiger partial charge in [0.15, 0.2) is 0 Å². The summed E-state index contributed by atoms with van der Waals surface area (Å²) in [6.45, 7) is 0. The van der Waals surface area contributed by atoms with Crippen LogP contribution >= 0.6 is 0 Å². The molecule has 0 spiro atoms. The first-order valence-electron chi connectivity index (χ1n) is 9.21. The van der Waals surface area contributed by atoms with Crippen LogP contribution in [0.15, 0.2) is 48.5 Å². The molecule has 0 saturated heterocycles. The minimum absolute atomic E-state index is 0.355. The number of nitrogens with one attached hydrogen (secondary N) is 2. The number of nitrogens with zero attached hydrogens (tertiary/aromatic N) is 2. The number of hydrogen-bond acceptors (Lipinski definition) is 6. The lowest BCUT2D eigenvalue weighted by atomic mass is 10.2. The van der Waals surface area contributed by atoms with E-state index >= 15 is 0 Å². The van der Waals surface area contributed by atoms with Gasteiger partial charge in [0.2, 0.25) is 5.95 Å². The predicted molar refractivity (Wildman–Crippen MR) is 106 cm³/mol. The molecule has 0 radical (unpaired) electrons. The lowest BCUT2D eigenvalue weighted by Crippen LogP contribution is -2.16. The van der Waals surface area contributed by atoms with E-state index in [1.807, 2.05) is 36.4 Å². The molecule has 0 aliphatic heterocycles. The van der Waals surface area contributed by atoms with E-state index in [-0.39, 0.29) is 5.97 Å². The van der Waals surface area contributed by atoms with Crippen LogP contribution in [0.2, 0.25) is 0 Å². The third-order valence-corrected chi connectivity index (χ3v) is 4.86. The summed E-state index contributed by atoms with van der Waals surface area (Å²) in [7, 11) is 1.37. The summed E-state index contributed by atoms with van der Waals surface area (Å²) in [6.07, 6.45) is 4.88. The summed E-state index contributed by atoms with van der Waals surface area (Å²) in [6, 6.07) is 15.5. The molecule has 0 bridgehead atoms. The zero-order valence-electron chi connectivity index (χ0n) is 15.2. The van der Waals surface area contributed by atoms with E-state index in [9.17, 15) is 4.79 Å². The molecule has 138 valence electrons. The molecule has 1 saturated carbocycles. The largest absolute Gasteiger partial charge is 0.465 e. The smallest absolute Gasteiger partial charge is 0.337 e. The fourth-order valence-corrected chi connectivity index (χ4v) is 3.44. The maximum absolute atomic E-state index is 11.6. The van der Waals surface area contributed by atoms with Crippen molar-refractivity contribution in [3.8, 4) is 0 Å². The number of esters is 1. The highest BCUT2D eigenvalue weighted by Crippen LogP contribution is 2.27. The molecule has 1 fully saturated rings. The van der Waals surface area contributed by atoms with Gasteiger partial charge in [-0.05, 0) is 49.2 Å². The van der Waals surface area contributed by atoms with Crippen molar-refractivity contribution in [2.75, 3.05) is 17.7 Å². The molecule has 0 unspecified atom stereocenters. The predicted octanol–water partition coefficient (Wildman–Crippen LogP) is 4.51. The topological polar surface area (TPSA) is 76.1 Å².